The highest BCUT2D eigenvalue weighted by molar-refractivity contribution is 7.89. The van der Waals surface area contributed by atoms with Crippen LogP contribution in [0.5, 0.6) is 0 Å². The van der Waals surface area contributed by atoms with Gasteiger partial charge < -0.3 is 5.32 Å². The van der Waals surface area contributed by atoms with Gasteiger partial charge in [0.1, 0.15) is 0 Å². The molecule has 0 saturated carbocycles. The third kappa shape index (κ3) is 5.90. The van der Waals surface area contributed by atoms with Crippen molar-refractivity contribution in [2.24, 2.45) is 11.8 Å². The van der Waals surface area contributed by atoms with E-state index in [1.165, 1.54) is 5.56 Å². The number of amides is 1. The molecule has 0 unspecified atom stereocenters. The van der Waals surface area contributed by atoms with Crippen molar-refractivity contribution in [1.29, 1.82) is 0 Å². The molecule has 29 heavy (non-hydrogen) atoms. The molecule has 0 spiro atoms. The van der Waals surface area contributed by atoms with E-state index in [1.807, 2.05) is 32.0 Å². The SMILES string of the molecule is CC(C)CC(=O)Nc1ccc(S(=O)(=O)N2CCC(Cc3ccccc3)CC2)cc1. The van der Waals surface area contributed by atoms with Crippen molar-refractivity contribution < 1.29 is 13.2 Å². The van der Waals surface area contributed by atoms with Crippen LogP contribution in [-0.2, 0) is 21.2 Å². The molecule has 1 aliphatic heterocycles. The number of carbonyl (C=O) groups is 1. The molecular weight excluding hydrogens is 384 g/mol. The van der Waals surface area contributed by atoms with Crippen LogP contribution in [0.4, 0.5) is 5.69 Å². The predicted molar refractivity (Wildman–Crippen MR) is 116 cm³/mol. The van der Waals surface area contributed by atoms with E-state index in [-0.39, 0.29) is 16.7 Å². The Balaban J connectivity index is 1.57. The standard InChI is InChI=1S/C23H30N2O3S/c1-18(2)16-23(26)24-21-8-10-22(11-9-21)29(27,28)25-14-12-20(13-15-25)17-19-6-4-3-5-7-19/h3-11,18,20H,12-17H2,1-2H3,(H,24,26). The fraction of sp³-hybridized carbons (Fsp3) is 0.435. The first-order valence-electron chi connectivity index (χ1n) is 10.3. The Hall–Kier alpha value is -2.18. The van der Waals surface area contributed by atoms with Gasteiger partial charge in [-0.25, -0.2) is 8.42 Å². The van der Waals surface area contributed by atoms with E-state index < -0.39 is 10.0 Å². The minimum Gasteiger partial charge on any atom is -0.326 e. The van der Waals surface area contributed by atoms with Crippen molar-refractivity contribution in [2.45, 2.75) is 44.4 Å². The zero-order chi connectivity index (χ0) is 20.9. The average Bonchev–Trinajstić information content (AvgIpc) is 2.69. The number of sulfonamides is 1. The van der Waals surface area contributed by atoms with Crippen molar-refractivity contribution in [1.82, 2.24) is 4.31 Å². The number of rotatable bonds is 7. The summed E-state index contributed by atoms with van der Waals surface area (Å²) in [5, 5.41) is 2.81. The molecule has 3 rings (SSSR count). The summed E-state index contributed by atoms with van der Waals surface area (Å²) in [5.41, 5.74) is 1.93. The fourth-order valence-corrected chi connectivity index (χ4v) is 5.21. The topological polar surface area (TPSA) is 66.5 Å². The van der Waals surface area contributed by atoms with Crippen molar-refractivity contribution >= 4 is 21.6 Å². The maximum Gasteiger partial charge on any atom is 0.243 e. The molecule has 2 aromatic carbocycles. The number of hydrogen-bond acceptors (Lipinski definition) is 3. The van der Waals surface area contributed by atoms with E-state index in [4.69, 9.17) is 0 Å². The number of piperidine rings is 1. The molecule has 1 amide bonds. The van der Waals surface area contributed by atoms with Gasteiger partial charge in [-0.3, -0.25) is 4.79 Å². The van der Waals surface area contributed by atoms with Crippen LogP contribution in [0, 0.1) is 11.8 Å². The molecule has 0 atom stereocenters. The molecule has 0 aromatic heterocycles. The summed E-state index contributed by atoms with van der Waals surface area (Å²) in [6, 6.07) is 16.8. The molecule has 1 saturated heterocycles. The molecule has 0 aliphatic carbocycles. The van der Waals surface area contributed by atoms with Crippen LogP contribution in [0.3, 0.4) is 0 Å². The van der Waals surface area contributed by atoms with E-state index in [2.05, 4.69) is 17.4 Å². The van der Waals surface area contributed by atoms with Gasteiger partial charge in [0, 0.05) is 25.2 Å². The second-order valence-electron chi connectivity index (χ2n) is 8.21. The monoisotopic (exact) mass is 414 g/mol. The lowest BCUT2D eigenvalue weighted by molar-refractivity contribution is -0.116. The number of hydrogen-bond donors (Lipinski definition) is 1. The van der Waals surface area contributed by atoms with Crippen molar-refractivity contribution in [3.8, 4) is 0 Å². The first kappa shape index (κ1) is 21.5. The summed E-state index contributed by atoms with van der Waals surface area (Å²) < 4.78 is 27.5. The molecule has 0 bridgehead atoms. The lowest BCUT2D eigenvalue weighted by Crippen LogP contribution is -2.38. The quantitative estimate of drug-likeness (QED) is 0.734. The van der Waals surface area contributed by atoms with Crippen molar-refractivity contribution in [3.05, 3.63) is 60.2 Å². The van der Waals surface area contributed by atoms with Crippen LogP contribution < -0.4 is 5.32 Å². The Morgan fingerprint density at radius 1 is 1.03 bits per heavy atom. The number of benzene rings is 2. The highest BCUT2D eigenvalue weighted by atomic mass is 32.2. The van der Waals surface area contributed by atoms with Gasteiger partial charge in [-0.15, -0.1) is 0 Å². The van der Waals surface area contributed by atoms with Crippen LogP contribution in [0.2, 0.25) is 0 Å². The van der Waals surface area contributed by atoms with Gasteiger partial charge in [0.15, 0.2) is 0 Å². The van der Waals surface area contributed by atoms with E-state index in [1.54, 1.807) is 28.6 Å². The number of anilines is 1. The van der Waals surface area contributed by atoms with Gasteiger partial charge >= 0.3 is 0 Å². The summed E-state index contributed by atoms with van der Waals surface area (Å²) in [5.74, 6) is 0.734. The summed E-state index contributed by atoms with van der Waals surface area (Å²) in [6.07, 6.45) is 3.19. The van der Waals surface area contributed by atoms with Crippen LogP contribution >= 0.6 is 0 Å². The zero-order valence-corrected chi connectivity index (χ0v) is 18.0. The summed E-state index contributed by atoms with van der Waals surface area (Å²) >= 11 is 0. The molecule has 1 aliphatic rings. The molecule has 1 heterocycles. The first-order valence-corrected chi connectivity index (χ1v) is 11.7. The lowest BCUT2D eigenvalue weighted by Gasteiger charge is -2.31. The molecule has 5 nitrogen and oxygen atoms in total. The van der Waals surface area contributed by atoms with Gasteiger partial charge in [0.25, 0.3) is 0 Å². The van der Waals surface area contributed by atoms with Gasteiger partial charge in [-0.2, -0.15) is 4.31 Å². The maximum absolute atomic E-state index is 13.0. The Labute approximate surface area is 174 Å². The van der Waals surface area contributed by atoms with Crippen molar-refractivity contribution in [2.75, 3.05) is 18.4 Å². The minimum atomic E-state index is -3.50. The highest BCUT2D eigenvalue weighted by Gasteiger charge is 2.29. The van der Waals surface area contributed by atoms with E-state index in [0.717, 1.165) is 19.3 Å². The summed E-state index contributed by atoms with van der Waals surface area (Å²) in [7, 11) is -3.50. The van der Waals surface area contributed by atoms with Crippen LogP contribution in [-0.4, -0.2) is 31.7 Å². The molecule has 0 radical (unpaired) electrons. The number of nitrogens with zero attached hydrogens (tertiary/aromatic N) is 1. The van der Waals surface area contributed by atoms with Crippen molar-refractivity contribution in [3.63, 3.8) is 0 Å². The molecular formula is C23H30N2O3S. The van der Waals surface area contributed by atoms with E-state index in [9.17, 15) is 13.2 Å². The number of nitrogens with one attached hydrogen (secondary N) is 1. The highest BCUT2D eigenvalue weighted by Crippen LogP contribution is 2.26. The zero-order valence-electron chi connectivity index (χ0n) is 17.2. The predicted octanol–water partition coefficient (Wildman–Crippen LogP) is 4.31. The minimum absolute atomic E-state index is 0.0592. The Morgan fingerprint density at radius 3 is 2.24 bits per heavy atom. The normalized spacial score (nSPS) is 16.1. The van der Waals surface area contributed by atoms with E-state index in [0.29, 0.717) is 31.1 Å². The van der Waals surface area contributed by atoms with Gasteiger partial charge in [-0.05, 0) is 60.9 Å². The third-order valence-corrected chi connectivity index (χ3v) is 7.22. The maximum atomic E-state index is 13.0. The summed E-state index contributed by atoms with van der Waals surface area (Å²) in [6.45, 7) is 5.07. The second kappa shape index (κ2) is 9.55. The van der Waals surface area contributed by atoms with Gasteiger partial charge in [0.05, 0.1) is 4.90 Å². The van der Waals surface area contributed by atoms with Crippen LogP contribution in [0.1, 0.15) is 38.7 Å². The smallest absolute Gasteiger partial charge is 0.243 e. The number of carbonyl (C=O) groups excluding carboxylic acids is 1. The van der Waals surface area contributed by atoms with Gasteiger partial charge in [0.2, 0.25) is 15.9 Å². The second-order valence-corrected chi connectivity index (χ2v) is 10.1. The van der Waals surface area contributed by atoms with Crippen LogP contribution in [0.15, 0.2) is 59.5 Å². The fourth-order valence-electron chi connectivity index (χ4n) is 3.74. The Morgan fingerprint density at radius 2 is 1.66 bits per heavy atom. The molecule has 2 aromatic rings. The third-order valence-electron chi connectivity index (χ3n) is 5.31. The molecule has 1 N–H and O–H groups in total. The van der Waals surface area contributed by atoms with Crippen LogP contribution in [0.25, 0.3) is 0 Å². The Kier molecular flexibility index (Phi) is 7.09. The average molecular weight is 415 g/mol. The Bertz CT molecular complexity index is 901. The van der Waals surface area contributed by atoms with Gasteiger partial charge in [-0.1, -0.05) is 44.2 Å². The summed E-state index contributed by atoms with van der Waals surface area (Å²) in [4.78, 5) is 12.2. The molecule has 156 valence electrons. The largest absolute Gasteiger partial charge is 0.326 e. The molecule has 1 fully saturated rings. The van der Waals surface area contributed by atoms with E-state index >= 15 is 0 Å². The molecule has 6 heteroatoms. The lowest BCUT2D eigenvalue weighted by atomic mass is 9.91. The first-order chi connectivity index (χ1) is 13.8.